The summed E-state index contributed by atoms with van der Waals surface area (Å²) in [5.74, 6) is 0.769. The highest BCUT2D eigenvalue weighted by Gasteiger charge is 2.19. The molecule has 0 aliphatic rings. The van der Waals surface area contributed by atoms with E-state index in [1.807, 2.05) is 20.0 Å². The summed E-state index contributed by atoms with van der Waals surface area (Å²) in [7, 11) is -1.61. The molecule has 2 rings (SSSR count). The Labute approximate surface area is 123 Å². The number of aryl methyl sites for hydroxylation is 1. The van der Waals surface area contributed by atoms with Crippen LogP contribution in [0.4, 0.5) is 0 Å². The van der Waals surface area contributed by atoms with Crippen molar-refractivity contribution in [3.63, 3.8) is 0 Å². The summed E-state index contributed by atoms with van der Waals surface area (Å²) in [5, 5.41) is 3.02. The lowest BCUT2D eigenvalue weighted by molar-refractivity contribution is 0.506. The summed E-state index contributed by atoms with van der Waals surface area (Å²) in [6.45, 7) is 2.82. The average Bonchev–Trinajstić information content (AvgIpc) is 2.99. The number of furan rings is 1. The Morgan fingerprint density at radius 2 is 2.20 bits per heavy atom. The van der Waals surface area contributed by atoms with Crippen LogP contribution in [-0.2, 0) is 23.0 Å². The quantitative estimate of drug-likeness (QED) is 0.819. The lowest BCUT2D eigenvalue weighted by Crippen LogP contribution is -2.26. The summed E-state index contributed by atoms with van der Waals surface area (Å²) in [6.07, 6.45) is 2.12. The Bertz CT molecular complexity index is 645. The molecule has 0 spiro atoms. The van der Waals surface area contributed by atoms with Gasteiger partial charge in [0.1, 0.15) is 5.76 Å². The first kappa shape index (κ1) is 15.2. The maximum atomic E-state index is 12.2. The van der Waals surface area contributed by atoms with Crippen molar-refractivity contribution in [2.75, 3.05) is 13.6 Å². The van der Waals surface area contributed by atoms with Gasteiger partial charge in [-0.05, 0) is 32.2 Å². The van der Waals surface area contributed by atoms with Crippen molar-refractivity contribution in [1.82, 2.24) is 10.0 Å². The van der Waals surface area contributed by atoms with Crippen molar-refractivity contribution in [3.05, 3.63) is 40.0 Å². The zero-order valence-electron chi connectivity index (χ0n) is 11.5. The molecule has 0 saturated carbocycles. The monoisotopic (exact) mass is 314 g/mol. The third-order valence-corrected chi connectivity index (χ3v) is 5.57. The molecule has 7 heteroatoms. The fraction of sp³-hybridized carbons (Fsp3) is 0.385. The second kappa shape index (κ2) is 6.53. The van der Waals surface area contributed by atoms with Gasteiger partial charge in [-0.1, -0.05) is 0 Å². The molecule has 5 nitrogen and oxygen atoms in total. The van der Waals surface area contributed by atoms with Crippen LogP contribution in [-0.4, -0.2) is 22.0 Å². The van der Waals surface area contributed by atoms with Gasteiger partial charge in [-0.2, -0.15) is 0 Å². The number of hydrogen-bond acceptors (Lipinski definition) is 5. The van der Waals surface area contributed by atoms with Gasteiger partial charge in [-0.25, -0.2) is 13.1 Å². The Morgan fingerprint density at radius 1 is 1.40 bits per heavy atom. The normalized spacial score (nSPS) is 11.9. The zero-order chi connectivity index (χ0) is 14.6. The van der Waals surface area contributed by atoms with E-state index in [1.165, 1.54) is 11.3 Å². The van der Waals surface area contributed by atoms with E-state index in [0.717, 1.165) is 15.5 Å². The number of sulfonamides is 1. The van der Waals surface area contributed by atoms with Gasteiger partial charge in [0, 0.05) is 29.3 Å². The second-order valence-corrected chi connectivity index (χ2v) is 7.47. The summed E-state index contributed by atoms with van der Waals surface area (Å²) in [6, 6.07) is 5.35. The molecule has 2 aromatic rings. The van der Waals surface area contributed by atoms with Gasteiger partial charge < -0.3 is 9.73 Å². The van der Waals surface area contributed by atoms with Crippen LogP contribution in [0, 0.1) is 6.92 Å². The van der Waals surface area contributed by atoms with Crippen LogP contribution >= 0.6 is 11.3 Å². The predicted octanol–water partition coefficient (Wildman–Crippen LogP) is 1.89. The molecule has 0 aliphatic carbocycles. The fourth-order valence-electron chi connectivity index (χ4n) is 1.89. The highest BCUT2D eigenvalue weighted by atomic mass is 32.2. The Balaban J connectivity index is 2.02. The van der Waals surface area contributed by atoms with Crippen molar-refractivity contribution in [1.29, 1.82) is 0 Å². The lowest BCUT2D eigenvalue weighted by atomic mass is 10.3. The molecule has 0 aliphatic heterocycles. The van der Waals surface area contributed by atoms with E-state index in [4.69, 9.17) is 4.42 Å². The topological polar surface area (TPSA) is 71.3 Å². The molecule has 2 heterocycles. The van der Waals surface area contributed by atoms with Gasteiger partial charge in [0.25, 0.3) is 0 Å². The summed E-state index contributed by atoms with van der Waals surface area (Å²) in [4.78, 5) is 2.18. The predicted molar refractivity (Wildman–Crippen MR) is 79.4 cm³/mol. The van der Waals surface area contributed by atoms with Crippen molar-refractivity contribution in [3.8, 4) is 0 Å². The van der Waals surface area contributed by atoms with Crippen molar-refractivity contribution in [2.45, 2.75) is 24.8 Å². The van der Waals surface area contributed by atoms with E-state index >= 15 is 0 Å². The SMILES string of the molecule is CNCc1cc(S(=O)(=O)NCCc2ccco2)c(C)s1. The lowest BCUT2D eigenvalue weighted by Gasteiger charge is -2.05. The molecule has 0 saturated heterocycles. The van der Waals surface area contributed by atoms with E-state index in [2.05, 4.69) is 10.0 Å². The molecule has 2 N–H and O–H groups in total. The minimum atomic E-state index is -3.45. The van der Waals surface area contributed by atoms with Crippen LogP contribution in [0.1, 0.15) is 15.5 Å². The molecule has 0 unspecified atom stereocenters. The third-order valence-electron chi connectivity index (χ3n) is 2.81. The molecule has 110 valence electrons. The molecule has 0 fully saturated rings. The molecular formula is C13H18N2O3S2. The van der Waals surface area contributed by atoms with Gasteiger partial charge in [-0.15, -0.1) is 11.3 Å². The smallest absolute Gasteiger partial charge is 0.241 e. The number of rotatable bonds is 7. The molecule has 2 aromatic heterocycles. The fourth-order valence-corrected chi connectivity index (χ4v) is 4.57. The molecule has 20 heavy (non-hydrogen) atoms. The number of hydrogen-bond donors (Lipinski definition) is 2. The second-order valence-electron chi connectivity index (χ2n) is 4.39. The van der Waals surface area contributed by atoms with E-state index in [0.29, 0.717) is 24.4 Å². The van der Waals surface area contributed by atoms with Crippen molar-refractivity contribution >= 4 is 21.4 Å². The first-order valence-electron chi connectivity index (χ1n) is 6.29. The van der Waals surface area contributed by atoms with Gasteiger partial charge >= 0.3 is 0 Å². The Kier molecular flexibility index (Phi) is 4.98. The van der Waals surface area contributed by atoms with Gasteiger partial charge in [-0.3, -0.25) is 0 Å². The van der Waals surface area contributed by atoms with E-state index in [-0.39, 0.29) is 0 Å². The molecular weight excluding hydrogens is 296 g/mol. The minimum Gasteiger partial charge on any atom is -0.469 e. The van der Waals surface area contributed by atoms with E-state index < -0.39 is 10.0 Å². The summed E-state index contributed by atoms with van der Waals surface area (Å²) >= 11 is 1.50. The van der Waals surface area contributed by atoms with E-state index in [1.54, 1.807) is 18.4 Å². The minimum absolute atomic E-state index is 0.326. The Morgan fingerprint density at radius 3 is 2.85 bits per heavy atom. The van der Waals surface area contributed by atoms with E-state index in [9.17, 15) is 8.42 Å². The maximum Gasteiger partial charge on any atom is 0.241 e. The summed E-state index contributed by atoms with van der Waals surface area (Å²) in [5.41, 5.74) is 0. The third kappa shape index (κ3) is 3.69. The molecule has 0 atom stereocenters. The largest absolute Gasteiger partial charge is 0.469 e. The van der Waals surface area contributed by atoms with Crippen LogP contribution in [0.15, 0.2) is 33.8 Å². The number of thiophene rings is 1. The van der Waals surface area contributed by atoms with Crippen LogP contribution in [0.5, 0.6) is 0 Å². The van der Waals surface area contributed by atoms with Gasteiger partial charge in [0.05, 0.1) is 11.2 Å². The van der Waals surface area contributed by atoms with Crippen LogP contribution < -0.4 is 10.0 Å². The number of nitrogens with one attached hydrogen (secondary N) is 2. The molecule has 0 aromatic carbocycles. The first-order chi connectivity index (χ1) is 9.53. The molecule has 0 bridgehead atoms. The van der Waals surface area contributed by atoms with Crippen LogP contribution in [0.3, 0.4) is 0 Å². The van der Waals surface area contributed by atoms with Crippen molar-refractivity contribution < 1.29 is 12.8 Å². The highest BCUT2D eigenvalue weighted by molar-refractivity contribution is 7.89. The van der Waals surface area contributed by atoms with Gasteiger partial charge in [0.2, 0.25) is 10.0 Å². The highest BCUT2D eigenvalue weighted by Crippen LogP contribution is 2.25. The maximum absolute atomic E-state index is 12.2. The van der Waals surface area contributed by atoms with Crippen LogP contribution in [0.2, 0.25) is 0 Å². The Hall–Kier alpha value is -1.15. The van der Waals surface area contributed by atoms with Crippen molar-refractivity contribution in [2.24, 2.45) is 0 Å². The molecule has 0 amide bonds. The summed E-state index contributed by atoms with van der Waals surface area (Å²) < 4.78 is 32.3. The van der Waals surface area contributed by atoms with Crippen LogP contribution in [0.25, 0.3) is 0 Å². The average molecular weight is 314 g/mol. The standard InChI is InChI=1S/C13H18N2O3S2/c1-10-13(8-12(19-10)9-14-2)20(16,17)15-6-5-11-4-3-7-18-11/h3-4,7-8,14-15H,5-6,9H2,1-2H3. The molecule has 0 radical (unpaired) electrons. The first-order valence-corrected chi connectivity index (χ1v) is 8.59. The zero-order valence-corrected chi connectivity index (χ0v) is 13.1. The van der Waals surface area contributed by atoms with Gasteiger partial charge in [0.15, 0.2) is 0 Å².